The van der Waals surface area contributed by atoms with Crippen molar-refractivity contribution in [3.63, 3.8) is 0 Å². The Balaban J connectivity index is 1.25. The fourth-order valence-corrected chi connectivity index (χ4v) is 4.13. The Morgan fingerprint density at radius 1 is 0.897 bits per heavy atom. The first kappa shape index (κ1) is 19.8. The number of carbonyl (C=O) groups is 2. The van der Waals surface area contributed by atoms with E-state index >= 15 is 0 Å². The number of nitrogens with one attached hydrogen (secondary N) is 1. The van der Waals surface area contributed by atoms with Crippen molar-refractivity contribution in [3.8, 4) is 11.1 Å². The Labute approximate surface area is 172 Å². The number of Topliss-reactive ketones (excluding diaryl/α,β-unsaturated/α-hetero) is 1. The number of amides is 1. The van der Waals surface area contributed by atoms with Gasteiger partial charge in [0.15, 0.2) is 5.78 Å². The Morgan fingerprint density at radius 3 is 2.17 bits per heavy atom. The molecule has 1 amide bonds. The summed E-state index contributed by atoms with van der Waals surface area (Å²) >= 11 is 0. The van der Waals surface area contributed by atoms with Crippen molar-refractivity contribution in [1.29, 1.82) is 0 Å². The van der Waals surface area contributed by atoms with Crippen LogP contribution in [0, 0.1) is 0 Å². The molecule has 0 radical (unpaired) electrons. The zero-order chi connectivity index (χ0) is 20.1. The summed E-state index contributed by atoms with van der Waals surface area (Å²) in [5, 5.41) is 3.03. The molecule has 0 aliphatic carbocycles. The van der Waals surface area contributed by atoms with Gasteiger partial charge in [0.25, 0.3) is 0 Å². The van der Waals surface area contributed by atoms with Crippen molar-refractivity contribution in [1.82, 2.24) is 10.2 Å². The van der Waals surface area contributed by atoms with Gasteiger partial charge >= 0.3 is 0 Å². The second-order valence-electron chi connectivity index (χ2n) is 8.05. The molecule has 29 heavy (non-hydrogen) atoms. The lowest BCUT2D eigenvalue weighted by molar-refractivity contribution is -0.138. The van der Waals surface area contributed by atoms with Gasteiger partial charge in [-0.15, -0.1) is 0 Å². The molecule has 152 valence electrons. The van der Waals surface area contributed by atoms with E-state index in [1.54, 1.807) is 0 Å². The molecule has 5 nitrogen and oxygen atoms in total. The summed E-state index contributed by atoms with van der Waals surface area (Å²) in [5.74, 6) is -0.0641. The highest BCUT2D eigenvalue weighted by atomic mass is 16.5. The molecule has 0 unspecified atom stereocenters. The number of hydrogen-bond donors (Lipinski definition) is 1. The van der Waals surface area contributed by atoms with Crippen molar-refractivity contribution in [2.24, 2.45) is 0 Å². The van der Waals surface area contributed by atoms with E-state index in [1.807, 2.05) is 54.6 Å². The molecule has 2 saturated heterocycles. The smallest absolute Gasteiger partial charge is 0.220 e. The van der Waals surface area contributed by atoms with Crippen LogP contribution in [0.25, 0.3) is 11.1 Å². The Morgan fingerprint density at radius 2 is 1.55 bits per heavy atom. The molecule has 1 N–H and O–H groups in total. The number of hydrogen-bond acceptors (Lipinski definition) is 4. The lowest BCUT2D eigenvalue weighted by Crippen LogP contribution is -2.66. The van der Waals surface area contributed by atoms with Gasteiger partial charge < -0.3 is 10.1 Å². The highest BCUT2D eigenvalue weighted by Gasteiger charge is 2.45. The fourth-order valence-electron chi connectivity index (χ4n) is 4.13. The van der Waals surface area contributed by atoms with E-state index < -0.39 is 0 Å². The minimum atomic E-state index is -0.0651. The zero-order valence-corrected chi connectivity index (χ0v) is 16.7. The number of nitrogens with zero attached hydrogens (tertiary/aromatic N) is 1. The lowest BCUT2D eigenvalue weighted by Gasteiger charge is -2.48. The summed E-state index contributed by atoms with van der Waals surface area (Å²) < 4.78 is 5.43. The highest BCUT2D eigenvalue weighted by Crippen LogP contribution is 2.28. The standard InChI is InChI=1S/C24H28N2O3/c27-22(21-10-8-20(9-11-21)19-6-2-1-3-7-19)12-13-23(28)25-16-24(17-29-18-24)26-14-4-5-15-26/h1-3,6-11H,4-5,12-18H2,(H,25,28). The Hall–Kier alpha value is -2.50. The van der Waals surface area contributed by atoms with Gasteiger partial charge in [0, 0.05) is 24.9 Å². The van der Waals surface area contributed by atoms with Crippen LogP contribution in [0.5, 0.6) is 0 Å². The normalized spacial score (nSPS) is 18.2. The van der Waals surface area contributed by atoms with Crippen LogP contribution in [0.4, 0.5) is 0 Å². The second kappa shape index (κ2) is 8.89. The molecule has 2 aromatic rings. The van der Waals surface area contributed by atoms with E-state index in [-0.39, 0.29) is 30.1 Å². The molecule has 2 aromatic carbocycles. The van der Waals surface area contributed by atoms with Gasteiger partial charge in [0.2, 0.25) is 5.91 Å². The maximum atomic E-state index is 12.5. The van der Waals surface area contributed by atoms with Gasteiger partial charge in [-0.05, 0) is 37.1 Å². The van der Waals surface area contributed by atoms with E-state index in [0.717, 1.165) is 24.2 Å². The van der Waals surface area contributed by atoms with Crippen LogP contribution in [0.1, 0.15) is 36.0 Å². The van der Waals surface area contributed by atoms with Crippen LogP contribution in [0.15, 0.2) is 54.6 Å². The van der Waals surface area contributed by atoms with Crippen molar-refractivity contribution in [3.05, 3.63) is 60.2 Å². The van der Waals surface area contributed by atoms with Gasteiger partial charge in [-0.3, -0.25) is 14.5 Å². The fraction of sp³-hybridized carbons (Fsp3) is 0.417. The first-order chi connectivity index (χ1) is 14.2. The van der Waals surface area contributed by atoms with E-state index in [4.69, 9.17) is 4.74 Å². The first-order valence-corrected chi connectivity index (χ1v) is 10.4. The average Bonchev–Trinajstić information content (AvgIpc) is 3.27. The van der Waals surface area contributed by atoms with Crippen LogP contribution >= 0.6 is 0 Å². The zero-order valence-electron chi connectivity index (χ0n) is 16.7. The summed E-state index contributed by atoms with van der Waals surface area (Å²) in [6, 6.07) is 17.7. The molecule has 2 aliphatic heterocycles. The summed E-state index contributed by atoms with van der Waals surface area (Å²) in [7, 11) is 0. The third-order valence-electron chi connectivity index (χ3n) is 6.03. The molecule has 4 rings (SSSR count). The van der Waals surface area contributed by atoms with Gasteiger partial charge in [-0.2, -0.15) is 0 Å². The minimum absolute atomic E-state index is 0.000922. The van der Waals surface area contributed by atoms with Gasteiger partial charge in [-0.1, -0.05) is 54.6 Å². The van der Waals surface area contributed by atoms with E-state index in [9.17, 15) is 9.59 Å². The van der Waals surface area contributed by atoms with Crippen LogP contribution in [0.3, 0.4) is 0 Å². The summed E-state index contributed by atoms with van der Waals surface area (Å²) in [4.78, 5) is 27.2. The van der Waals surface area contributed by atoms with Gasteiger partial charge in [-0.25, -0.2) is 0 Å². The van der Waals surface area contributed by atoms with E-state index in [2.05, 4.69) is 10.2 Å². The van der Waals surface area contributed by atoms with Crippen molar-refractivity contribution in [2.45, 2.75) is 31.2 Å². The molecule has 2 aliphatic rings. The number of likely N-dealkylation sites (tertiary alicyclic amines) is 1. The third-order valence-corrected chi connectivity index (χ3v) is 6.03. The number of ketones is 1. The number of ether oxygens (including phenoxy) is 1. The predicted molar refractivity (Wildman–Crippen MR) is 113 cm³/mol. The molecule has 0 saturated carbocycles. The molecule has 2 heterocycles. The van der Waals surface area contributed by atoms with Crippen LogP contribution in [-0.2, 0) is 9.53 Å². The maximum Gasteiger partial charge on any atom is 0.220 e. The number of benzene rings is 2. The van der Waals surface area contributed by atoms with Crippen LogP contribution in [-0.4, -0.2) is 55.0 Å². The Bertz CT molecular complexity index is 838. The third kappa shape index (κ3) is 4.57. The molecular weight excluding hydrogens is 364 g/mol. The lowest BCUT2D eigenvalue weighted by atomic mass is 9.95. The summed E-state index contributed by atoms with van der Waals surface area (Å²) in [6.07, 6.45) is 2.88. The molecular formula is C24H28N2O3. The molecule has 0 bridgehead atoms. The quantitative estimate of drug-likeness (QED) is 0.701. The topological polar surface area (TPSA) is 58.6 Å². The second-order valence-corrected chi connectivity index (χ2v) is 8.05. The van der Waals surface area contributed by atoms with E-state index in [0.29, 0.717) is 25.3 Å². The predicted octanol–water partition coefficient (Wildman–Crippen LogP) is 3.30. The number of carbonyl (C=O) groups excluding carboxylic acids is 2. The van der Waals surface area contributed by atoms with Gasteiger partial charge in [0.05, 0.1) is 18.8 Å². The highest BCUT2D eigenvalue weighted by molar-refractivity contribution is 5.98. The minimum Gasteiger partial charge on any atom is -0.377 e. The van der Waals surface area contributed by atoms with E-state index in [1.165, 1.54) is 12.8 Å². The molecule has 0 aromatic heterocycles. The Kier molecular flexibility index (Phi) is 6.07. The molecule has 0 atom stereocenters. The van der Waals surface area contributed by atoms with Crippen LogP contribution < -0.4 is 5.32 Å². The average molecular weight is 392 g/mol. The molecule has 2 fully saturated rings. The summed E-state index contributed by atoms with van der Waals surface area (Å²) in [5.41, 5.74) is 2.81. The molecule has 5 heteroatoms. The SMILES string of the molecule is O=C(CCC(=O)c1ccc(-c2ccccc2)cc1)NCC1(N2CCCC2)COC1. The maximum absolute atomic E-state index is 12.5. The molecule has 0 spiro atoms. The number of rotatable bonds is 8. The van der Waals surface area contributed by atoms with Crippen molar-refractivity contribution < 1.29 is 14.3 Å². The largest absolute Gasteiger partial charge is 0.377 e. The van der Waals surface area contributed by atoms with Crippen LogP contribution in [0.2, 0.25) is 0 Å². The van der Waals surface area contributed by atoms with Crippen molar-refractivity contribution in [2.75, 3.05) is 32.8 Å². The van der Waals surface area contributed by atoms with Crippen molar-refractivity contribution >= 4 is 11.7 Å². The van der Waals surface area contributed by atoms with Gasteiger partial charge in [0.1, 0.15) is 0 Å². The first-order valence-electron chi connectivity index (χ1n) is 10.4. The monoisotopic (exact) mass is 392 g/mol. The summed E-state index contributed by atoms with van der Waals surface area (Å²) in [6.45, 7) is 4.12.